The van der Waals surface area contributed by atoms with Gasteiger partial charge in [-0.15, -0.1) is 0 Å². The molecule has 1 heterocycles. The van der Waals surface area contributed by atoms with Gasteiger partial charge in [0.25, 0.3) is 0 Å². The predicted octanol–water partition coefficient (Wildman–Crippen LogP) is 3.99. The lowest BCUT2D eigenvalue weighted by atomic mass is 9.99. The first-order valence-electron chi connectivity index (χ1n) is 9.86. The van der Waals surface area contributed by atoms with Gasteiger partial charge in [0.2, 0.25) is 10.0 Å². The van der Waals surface area contributed by atoms with Crippen LogP contribution in [-0.4, -0.2) is 48.7 Å². The molecule has 162 valence electrons. The number of nitrogens with zero attached hydrogens (tertiary/aromatic N) is 1. The van der Waals surface area contributed by atoms with E-state index in [-0.39, 0.29) is 22.3 Å². The molecule has 4 rings (SSSR count). The van der Waals surface area contributed by atoms with Gasteiger partial charge in [0.05, 0.1) is 22.6 Å². The minimum absolute atomic E-state index is 0.129. The van der Waals surface area contributed by atoms with Crippen LogP contribution in [0.3, 0.4) is 0 Å². The van der Waals surface area contributed by atoms with Crippen molar-refractivity contribution in [1.82, 2.24) is 4.31 Å². The molecule has 31 heavy (non-hydrogen) atoms. The summed E-state index contributed by atoms with van der Waals surface area (Å²) in [6, 6.07) is 18.6. The normalized spacial score (nSPS) is 20.7. The fourth-order valence-corrected chi connectivity index (χ4v) is 6.41. The fourth-order valence-electron chi connectivity index (χ4n) is 4.19. The lowest BCUT2D eigenvalue weighted by molar-refractivity contribution is 0.0530. The summed E-state index contributed by atoms with van der Waals surface area (Å²) >= 11 is 4.56. The number of carboxylic acid groups (broad SMARTS) is 1. The number of benzene rings is 3. The van der Waals surface area contributed by atoms with E-state index in [0.717, 1.165) is 10.8 Å². The molecule has 0 bridgehead atoms. The zero-order chi connectivity index (χ0) is 22.2. The summed E-state index contributed by atoms with van der Waals surface area (Å²) in [5, 5.41) is 11.0. The zero-order valence-electron chi connectivity index (χ0n) is 16.9. The highest BCUT2D eigenvalue weighted by molar-refractivity contribution is 7.89. The Bertz CT molecular complexity index is 1230. The smallest absolute Gasteiger partial charge is 0.335 e. The third-order valence-corrected chi connectivity index (χ3v) is 7.93. The number of carbonyl (C=O) groups is 1. The van der Waals surface area contributed by atoms with Crippen LogP contribution in [-0.2, 0) is 14.8 Å². The van der Waals surface area contributed by atoms with Crippen molar-refractivity contribution in [3.63, 3.8) is 0 Å². The summed E-state index contributed by atoms with van der Waals surface area (Å²) in [5.74, 6) is -1.05. The zero-order valence-corrected chi connectivity index (χ0v) is 18.6. The van der Waals surface area contributed by atoms with Crippen LogP contribution in [0.2, 0.25) is 0 Å². The van der Waals surface area contributed by atoms with Crippen LogP contribution >= 0.6 is 12.6 Å². The second-order valence-corrected chi connectivity index (χ2v) is 10.2. The maximum Gasteiger partial charge on any atom is 0.335 e. The summed E-state index contributed by atoms with van der Waals surface area (Å²) in [6.07, 6.45) is -0.127. The monoisotopic (exact) mass is 457 g/mol. The van der Waals surface area contributed by atoms with Crippen LogP contribution in [0.5, 0.6) is 0 Å². The Hall–Kier alpha value is -2.39. The van der Waals surface area contributed by atoms with E-state index in [1.54, 1.807) is 30.3 Å². The molecule has 3 atom stereocenters. The highest BCUT2D eigenvalue weighted by Gasteiger charge is 2.43. The summed E-state index contributed by atoms with van der Waals surface area (Å²) in [4.78, 5) is 11.6. The third kappa shape index (κ3) is 4.21. The van der Waals surface area contributed by atoms with Crippen LogP contribution in [0.4, 0.5) is 0 Å². The molecule has 1 aliphatic heterocycles. The number of fused-ring (bicyclic) bond motifs is 1. The van der Waals surface area contributed by atoms with Gasteiger partial charge in [0.15, 0.2) is 0 Å². The van der Waals surface area contributed by atoms with E-state index in [2.05, 4.69) is 12.6 Å². The van der Waals surface area contributed by atoms with Crippen molar-refractivity contribution >= 4 is 39.4 Å². The van der Waals surface area contributed by atoms with E-state index in [0.29, 0.717) is 12.0 Å². The number of methoxy groups -OCH3 is 1. The molecule has 1 N–H and O–H groups in total. The summed E-state index contributed by atoms with van der Waals surface area (Å²) in [7, 11) is -2.31. The standard InChI is InChI=1S/C23H23NO5S2/c1-29-22(17-7-4-8-18(11-17)23(25)26)21-13-19(30)14-24(21)31(27,28)20-10-9-15-5-2-3-6-16(15)12-20/h2-12,19,21-22,30H,13-14H2,1H3,(H,25,26). The summed E-state index contributed by atoms with van der Waals surface area (Å²) < 4.78 is 34.3. The number of hydrogen-bond acceptors (Lipinski definition) is 5. The van der Waals surface area contributed by atoms with E-state index in [1.807, 2.05) is 24.3 Å². The molecule has 0 radical (unpaired) electrons. The van der Waals surface area contributed by atoms with E-state index in [1.165, 1.54) is 23.5 Å². The van der Waals surface area contributed by atoms with Gasteiger partial charge in [-0.25, -0.2) is 13.2 Å². The van der Waals surface area contributed by atoms with Crippen LogP contribution < -0.4 is 0 Å². The first-order chi connectivity index (χ1) is 14.8. The topological polar surface area (TPSA) is 83.9 Å². The van der Waals surface area contributed by atoms with Gasteiger partial charge in [-0.05, 0) is 47.0 Å². The summed E-state index contributed by atoms with van der Waals surface area (Å²) in [5.41, 5.74) is 0.748. The van der Waals surface area contributed by atoms with Gasteiger partial charge in [-0.3, -0.25) is 0 Å². The number of ether oxygens (including phenoxy) is 1. The lowest BCUT2D eigenvalue weighted by Crippen LogP contribution is -2.40. The molecule has 1 aliphatic rings. The van der Waals surface area contributed by atoms with Crippen LogP contribution in [0, 0.1) is 0 Å². The molecular formula is C23H23NO5S2. The van der Waals surface area contributed by atoms with Gasteiger partial charge in [0.1, 0.15) is 0 Å². The average molecular weight is 458 g/mol. The first kappa shape index (κ1) is 21.8. The molecule has 1 fully saturated rings. The SMILES string of the molecule is COC(c1cccc(C(=O)O)c1)C1CC(S)CN1S(=O)(=O)c1ccc2ccccc2c1. The second-order valence-electron chi connectivity index (χ2n) is 7.63. The third-order valence-electron chi connectivity index (χ3n) is 5.67. The number of sulfonamides is 1. The maximum absolute atomic E-state index is 13.6. The molecule has 1 saturated heterocycles. The van der Waals surface area contributed by atoms with Crippen molar-refractivity contribution in [2.45, 2.75) is 28.7 Å². The largest absolute Gasteiger partial charge is 0.478 e. The van der Waals surface area contributed by atoms with E-state index in [4.69, 9.17) is 4.74 Å². The molecule has 0 aliphatic carbocycles. The number of carboxylic acids is 1. The first-order valence-corrected chi connectivity index (χ1v) is 11.8. The number of aromatic carboxylic acids is 1. The number of rotatable bonds is 6. The van der Waals surface area contributed by atoms with Gasteiger partial charge in [-0.2, -0.15) is 16.9 Å². The lowest BCUT2D eigenvalue weighted by Gasteiger charge is -2.30. The molecule has 3 unspecified atom stereocenters. The van der Waals surface area contributed by atoms with E-state index >= 15 is 0 Å². The number of hydrogen-bond donors (Lipinski definition) is 2. The van der Waals surface area contributed by atoms with Crippen LogP contribution in [0.25, 0.3) is 10.8 Å². The molecule has 0 aromatic heterocycles. The van der Waals surface area contributed by atoms with E-state index in [9.17, 15) is 18.3 Å². The Balaban J connectivity index is 1.73. The van der Waals surface area contributed by atoms with E-state index < -0.39 is 28.1 Å². The Labute approximate surface area is 186 Å². The Morgan fingerprint density at radius 1 is 1.10 bits per heavy atom. The minimum Gasteiger partial charge on any atom is -0.478 e. The Morgan fingerprint density at radius 3 is 2.55 bits per heavy atom. The van der Waals surface area contributed by atoms with Crippen molar-refractivity contribution in [1.29, 1.82) is 0 Å². The van der Waals surface area contributed by atoms with Crippen molar-refractivity contribution in [2.24, 2.45) is 0 Å². The maximum atomic E-state index is 13.6. The molecule has 8 heteroatoms. The molecule has 0 saturated carbocycles. The van der Waals surface area contributed by atoms with Gasteiger partial charge >= 0.3 is 5.97 Å². The van der Waals surface area contributed by atoms with Crippen molar-refractivity contribution in [3.8, 4) is 0 Å². The van der Waals surface area contributed by atoms with Gasteiger partial charge in [-0.1, -0.05) is 42.5 Å². The molecule has 3 aromatic carbocycles. The molecule has 3 aromatic rings. The summed E-state index contributed by atoms with van der Waals surface area (Å²) in [6.45, 7) is 0.251. The predicted molar refractivity (Wildman–Crippen MR) is 122 cm³/mol. The Morgan fingerprint density at radius 2 is 1.84 bits per heavy atom. The molecular weight excluding hydrogens is 434 g/mol. The minimum atomic E-state index is -3.81. The highest BCUT2D eigenvalue weighted by Crippen LogP contribution is 2.38. The highest BCUT2D eigenvalue weighted by atomic mass is 32.2. The fraction of sp³-hybridized carbons (Fsp3) is 0.261. The van der Waals surface area contributed by atoms with Crippen LogP contribution in [0.15, 0.2) is 71.6 Å². The molecule has 0 spiro atoms. The van der Waals surface area contributed by atoms with Crippen molar-refractivity contribution in [2.75, 3.05) is 13.7 Å². The van der Waals surface area contributed by atoms with Crippen LogP contribution in [0.1, 0.15) is 28.4 Å². The van der Waals surface area contributed by atoms with Crippen molar-refractivity contribution in [3.05, 3.63) is 77.9 Å². The van der Waals surface area contributed by atoms with Crippen molar-refractivity contribution < 1.29 is 23.1 Å². The molecule has 6 nitrogen and oxygen atoms in total. The quantitative estimate of drug-likeness (QED) is 0.547. The van der Waals surface area contributed by atoms with Gasteiger partial charge in [0, 0.05) is 18.9 Å². The number of thiol groups is 1. The molecule has 0 amide bonds. The Kier molecular flexibility index (Phi) is 6.07. The van der Waals surface area contributed by atoms with Gasteiger partial charge < -0.3 is 9.84 Å². The second kappa shape index (κ2) is 8.63. The average Bonchev–Trinajstić information content (AvgIpc) is 3.16.